The molecule has 0 heterocycles. The number of hydrogen-bond donors (Lipinski definition) is 1. The van der Waals surface area contributed by atoms with Gasteiger partial charge in [0.25, 0.3) is 0 Å². The minimum Gasteiger partial charge on any atom is -0.760 e. The molecule has 1 atom stereocenters. The maximum absolute atomic E-state index is 10.8. The van der Waals surface area contributed by atoms with E-state index in [0.717, 1.165) is 16.8 Å². The Morgan fingerprint density at radius 3 is 2.68 bits per heavy atom. The first-order valence-corrected chi connectivity index (χ1v) is 6.60. The predicted molar refractivity (Wildman–Crippen MR) is 70.0 cm³/mol. The van der Waals surface area contributed by atoms with Crippen LogP contribution in [0.15, 0.2) is 18.2 Å². The first-order chi connectivity index (χ1) is 8.62. The molecule has 1 aromatic rings. The average molecular weight is 356 g/mol. The van der Waals surface area contributed by atoms with Gasteiger partial charge in [-0.25, -0.2) is 4.72 Å². The van der Waals surface area contributed by atoms with Crippen LogP contribution >= 0.6 is 0 Å². The second-order valence-electron chi connectivity index (χ2n) is 3.57. The number of nitrogens with one attached hydrogen (secondary N) is 1. The van der Waals surface area contributed by atoms with Crippen LogP contribution in [-0.4, -0.2) is 21.7 Å². The van der Waals surface area contributed by atoms with E-state index in [1.54, 1.807) is 12.1 Å². The number of amides is 1. The van der Waals surface area contributed by atoms with E-state index in [1.165, 1.54) is 4.90 Å². The van der Waals surface area contributed by atoms with Crippen LogP contribution in [0, 0.1) is 6.42 Å². The van der Waals surface area contributed by atoms with E-state index in [-0.39, 0.29) is 39.3 Å². The average Bonchev–Trinajstić information content (AvgIpc) is 2.38. The summed E-state index contributed by atoms with van der Waals surface area (Å²) in [6.45, 7) is 4.49. The third kappa shape index (κ3) is 5.71. The van der Waals surface area contributed by atoms with Crippen molar-refractivity contribution >= 4 is 23.4 Å². The summed E-state index contributed by atoms with van der Waals surface area (Å²) in [5, 5.41) is 0. The Morgan fingerprint density at radius 2 is 2.21 bits per heavy atom. The van der Waals surface area contributed by atoms with E-state index in [2.05, 4.69) is 4.72 Å². The van der Waals surface area contributed by atoms with Crippen molar-refractivity contribution in [2.75, 3.05) is 11.4 Å². The van der Waals surface area contributed by atoms with Gasteiger partial charge >= 0.3 is 0 Å². The molecule has 19 heavy (non-hydrogen) atoms. The molecular formula is C12H15N2O3SY-3. The van der Waals surface area contributed by atoms with Crippen molar-refractivity contribution in [2.24, 2.45) is 0 Å². The normalized spacial score (nSPS) is 11.3. The van der Waals surface area contributed by atoms with Gasteiger partial charge in [0.05, 0.1) is 6.41 Å². The van der Waals surface area contributed by atoms with Crippen molar-refractivity contribution in [3.05, 3.63) is 35.7 Å². The van der Waals surface area contributed by atoms with Crippen molar-refractivity contribution in [3.8, 4) is 0 Å². The van der Waals surface area contributed by atoms with E-state index >= 15 is 0 Å². The minimum atomic E-state index is -2.27. The summed E-state index contributed by atoms with van der Waals surface area (Å²) in [5.74, 6) is 0. The molecule has 1 rings (SSSR count). The number of hydrogen-bond acceptors (Lipinski definition) is 3. The third-order valence-corrected chi connectivity index (χ3v) is 2.89. The fourth-order valence-electron chi connectivity index (χ4n) is 1.62. The fourth-order valence-corrected chi connectivity index (χ4v) is 1.90. The van der Waals surface area contributed by atoms with Gasteiger partial charge in [0, 0.05) is 50.5 Å². The monoisotopic (exact) mass is 356 g/mol. The Balaban J connectivity index is 0.00000324. The Hall–Kier alpha value is -0.266. The molecule has 1 amide bonds. The van der Waals surface area contributed by atoms with Gasteiger partial charge in [-0.05, 0) is 13.5 Å². The summed E-state index contributed by atoms with van der Waals surface area (Å²) >= 11 is -2.27. The first-order valence-electron chi connectivity index (χ1n) is 5.52. The molecule has 103 valence electrons. The molecule has 0 aliphatic heterocycles. The van der Waals surface area contributed by atoms with E-state index < -0.39 is 11.3 Å². The number of benzene rings is 1. The largest absolute Gasteiger partial charge is 0.760 e. The molecule has 0 spiro atoms. The number of anilines is 1. The third-order valence-electron chi connectivity index (χ3n) is 2.51. The van der Waals surface area contributed by atoms with Crippen molar-refractivity contribution in [1.29, 1.82) is 0 Å². The minimum absolute atomic E-state index is 0. The maximum atomic E-state index is 10.8. The van der Waals surface area contributed by atoms with E-state index in [4.69, 9.17) is 0 Å². The van der Waals surface area contributed by atoms with Crippen molar-refractivity contribution in [1.82, 2.24) is 4.72 Å². The number of nitrogens with zero attached hydrogens (tertiary/aromatic N) is 1. The summed E-state index contributed by atoms with van der Waals surface area (Å²) in [6, 6.07) is 5.41. The maximum Gasteiger partial charge on any atom is 0.0719 e. The topological polar surface area (TPSA) is 72.5 Å². The molecule has 1 radical (unpaired) electrons. The smallest absolute Gasteiger partial charge is 0.0719 e. The molecule has 0 aliphatic rings. The van der Waals surface area contributed by atoms with Crippen molar-refractivity contribution < 1.29 is 46.3 Å². The van der Waals surface area contributed by atoms with Crippen LogP contribution < -0.4 is 9.62 Å². The van der Waals surface area contributed by atoms with Gasteiger partial charge in [0.1, 0.15) is 0 Å². The molecular weight excluding hydrogens is 341 g/mol. The van der Waals surface area contributed by atoms with Gasteiger partial charge in [0.15, 0.2) is 0 Å². The van der Waals surface area contributed by atoms with Crippen LogP contribution in [-0.2, 0) is 55.3 Å². The molecule has 5 nitrogen and oxygen atoms in total. The zero-order chi connectivity index (χ0) is 13.5. The standard InChI is InChI=1S/C12H16N2O3S.Y/c1-3-11-7-10(8-13-18(16)17)5-6-12(11)14(4-2)9-15;/h3,5-7,13H,4,8H2,1-2H3,(H,16,17);/q-2;/p-1. The Bertz CT molecular complexity index is 443. The summed E-state index contributed by atoms with van der Waals surface area (Å²) in [5.41, 5.74) is 2.47. The van der Waals surface area contributed by atoms with Crippen LogP contribution in [0.1, 0.15) is 25.0 Å². The molecule has 1 aromatic carbocycles. The quantitative estimate of drug-likeness (QED) is 0.451. The molecule has 0 saturated carbocycles. The van der Waals surface area contributed by atoms with Crippen LogP contribution in [0.25, 0.3) is 0 Å². The van der Waals surface area contributed by atoms with Gasteiger partial charge in [-0.3, -0.25) is 4.21 Å². The van der Waals surface area contributed by atoms with E-state index in [0.29, 0.717) is 6.54 Å². The summed E-state index contributed by atoms with van der Waals surface area (Å²) in [6.07, 6.45) is 3.73. The van der Waals surface area contributed by atoms with Crippen molar-refractivity contribution in [3.63, 3.8) is 0 Å². The molecule has 0 aliphatic carbocycles. The van der Waals surface area contributed by atoms with Crippen LogP contribution in [0.5, 0.6) is 0 Å². The van der Waals surface area contributed by atoms with Crippen LogP contribution in [0.4, 0.5) is 5.69 Å². The Morgan fingerprint density at radius 1 is 1.53 bits per heavy atom. The number of carbonyl (C=O) groups excluding carboxylic acids is 1. The molecule has 0 fully saturated rings. The summed E-state index contributed by atoms with van der Waals surface area (Å²) in [4.78, 5) is 12.3. The van der Waals surface area contributed by atoms with Gasteiger partial charge in [-0.2, -0.15) is 18.1 Å². The first kappa shape index (κ1) is 18.7. The predicted octanol–water partition coefficient (Wildman–Crippen LogP) is 1.03. The Labute approximate surface area is 141 Å². The van der Waals surface area contributed by atoms with Gasteiger partial charge in [-0.1, -0.05) is 18.6 Å². The van der Waals surface area contributed by atoms with E-state index in [9.17, 15) is 13.6 Å². The molecule has 1 N–H and O–H groups in total. The molecule has 0 aromatic heterocycles. The van der Waals surface area contributed by atoms with Gasteiger partial charge in [0.2, 0.25) is 0 Å². The van der Waals surface area contributed by atoms with Crippen LogP contribution in [0.2, 0.25) is 0 Å². The van der Waals surface area contributed by atoms with E-state index in [1.807, 2.05) is 32.7 Å². The second kappa shape index (κ2) is 9.61. The zero-order valence-corrected chi connectivity index (χ0v) is 14.5. The molecule has 0 saturated heterocycles. The summed E-state index contributed by atoms with van der Waals surface area (Å²) in [7, 11) is 0. The van der Waals surface area contributed by atoms with Crippen LogP contribution in [0.3, 0.4) is 0 Å². The fraction of sp³-hybridized carbons (Fsp3) is 0.333. The summed E-state index contributed by atoms with van der Waals surface area (Å²) < 4.78 is 23.1. The zero-order valence-electron chi connectivity index (χ0n) is 10.9. The Kier molecular flexibility index (Phi) is 9.47. The molecule has 1 unspecified atom stereocenters. The second-order valence-corrected chi connectivity index (χ2v) is 4.33. The SMILES string of the molecule is C[CH-]c1cc(CNS(=O)[O-])ccc1N([C-]=O)CC.[Y]. The number of rotatable bonds is 7. The molecule has 7 heteroatoms. The van der Waals surface area contributed by atoms with Gasteiger partial charge < -0.3 is 14.2 Å². The van der Waals surface area contributed by atoms with Gasteiger partial charge in [-0.15, -0.1) is 11.8 Å². The van der Waals surface area contributed by atoms with Crippen molar-refractivity contribution in [2.45, 2.75) is 20.4 Å². The molecule has 0 bridgehead atoms.